The van der Waals surface area contributed by atoms with Gasteiger partial charge in [0.15, 0.2) is 5.82 Å². The summed E-state index contributed by atoms with van der Waals surface area (Å²) >= 11 is 0. The van der Waals surface area contributed by atoms with Crippen molar-refractivity contribution >= 4 is 11.8 Å². The summed E-state index contributed by atoms with van der Waals surface area (Å²) in [4.78, 5) is 7.91. The molecule has 0 saturated heterocycles. The number of aromatic nitrogens is 4. The Bertz CT molecular complexity index is 476. The molecule has 0 radical (unpaired) electrons. The molecule has 15 heavy (non-hydrogen) atoms. The first-order valence-corrected chi connectivity index (χ1v) is 4.33. The summed E-state index contributed by atoms with van der Waals surface area (Å²) in [7, 11) is 0. The zero-order valence-corrected chi connectivity index (χ0v) is 8.18. The molecule has 7 heteroatoms. The lowest BCUT2D eigenvalue weighted by molar-refractivity contribution is 0.829. The van der Waals surface area contributed by atoms with E-state index >= 15 is 0 Å². The monoisotopic (exact) mass is 205 g/mol. The van der Waals surface area contributed by atoms with Crippen molar-refractivity contribution in [1.82, 2.24) is 19.7 Å². The molecule has 78 valence electrons. The van der Waals surface area contributed by atoms with Crippen LogP contribution in [0.15, 0.2) is 18.3 Å². The molecule has 0 amide bonds. The van der Waals surface area contributed by atoms with Crippen molar-refractivity contribution in [1.29, 1.82) is 0 Å². The van der Waals surface area contributed by atoms with Crippen molar-refractivity contribution in [2.75, 3.05) is 11.2 Å². The topological polar surface area (TPSA) is 108 Å². The van der Waals surface area contributed by atoms with E-state index in [1.54, 1.807) is 16.9 Å². The highest BCUT2D eigenvalue weighted by Gasteiger charge is 2.04. The molecular formula is C8H11N7. The molecule has 0 aliphatic heterocycles. The van der Waals surface area contributed by atoms with E-state index in [2.05, 4.69) is 20.5 Å². The third kappa shape index (κ3) is 1.86. The highest BCUT2D eigenvalue weighted by atomic mass is 15.3. The number of hydrogen-bond donors (Lipinski definition) is 3. The maximum absolute atomic E-state index is 5.52. The summed E-state index contributed by atoms with van der Waals surface area (Å²) in [5.74, 6) is 6.41. The maximum atomic E-state index is 5.52. The van der Waals surface area contributed by atoms with Crippen LogP contribution >= 0.6 is 0 Å². The zero-order valence-electron chi connectivity index (χ0n) is 8.18. The van der Waals surface area contributed by atoms with Gasteiger partial charge in [0, 0.05) is 12.3 Å². The average molecular weight is 205 g/mol. The molecule has 2 aromatic rings. The molecule has 7 nitrogen and oxygen atoms in total. The number of rotatable bonds is 2. The van der Waals surface area contributed by atoms with E-state index in [-0.39, 0.29) is 5.95 Å². The van der Waals surface area contributed by atoms with Gasteiger partial charge in [0.05, 0.1) is 5.69 Å². The molecule has 0 fully saturated rings. The van der Waals surface area contributed by atoms with Crippen LogP contribution in [0.25, 0.3) is 5.82 Å². The van der Waals surface area contributed by atoms with Crippen LogP contribution in [-0.2, 0) is 0 Å². The van der Waals surface area contributed by atoms with Crippen LogP contribution in [0.4, 0.5) is 11.8 Å². The van der Waals surface area contributed by atoms with Crippen LogP contribution in [0.2, 0.25) is 0 Å². The number of aryl methyl sites for hydroxylation is 1. The molecule has 5 N–H and O–H groups in total. The molecular weight excluding hydrogens is 194 g/mol. The quantitative estimate of drug-likeness (QED) is 0.464. The standard InChI is InChI=1S/C8H11N7/c1-5-2-3-15(14-5)7-4-6(13-10)11-8(9)12-7/h2-4H,10H2,1H3,(H3,9,11,12,13). The number of nitrogens with one attached hydrogen (secondary N) is 1. The first-order valence-electron chi connectivity index (χ1n) is 4.33. The van der Waals surface area contributed by atoms with Crippen LogP contribution in [0.3, 0.4) is 0 Å². The fourth-order valence-electron chi connectivity index (χ4n) is 1.19. The van der Waals surface area contributed by atoms with Crippen molar-refractivity contribution in [2.24, 2.45) is 5.84 Å². The van der Waals surface area contributed by atoms with Crippen LogP contribution in [0, 0.1) is 6.92 Å². The molecule has 0 saturated carbocycles. The highest BCUT2D eigenvalue weighted by molar-refractivity contribution is 5.44. The second-order valence-corrected chi connectivity index (χ2v) is 3.02. The number of nitrogens with two attached hydrogens (primary N) is 2. The Labute approximate surface area is 86.1 Å². The Morgan fingerprint density at radius 3 is 2.80 bits per heavy atom. The minimum Gasteiger partial charge on any atom is -0.368 e. The molecule has 0 spiro atoms. The second-order valence-electron chi connectivity index (χ2n) is 3.02. The number of hydrogen-bond acceptors (Lipinski definition) is 6. The van der Waals surface area contributed by atoms with Gasteiger partial charge in [0.1, 0.15) is 5.82 Å². The molecule has 0 aliphatic rings. The molecule has 0 unspecified atom stereocenters. The van der Waals surface area contributed by atoms with Crippen LogP contribution in [-0.4, -0.2) is 19.7 Å². The lowest BCUT2D eigenvalue weighted by Crippen LogP contribution is -2.12. The van der Waals surface area contributed by atoms with Gasteiger partial charge >= 0.3 is 0 Å². The number of nitrogen functional groups attached to an aromatic ring is 2. The number of anilines is 2. The second kappa shape index (κ2) is 3.54. The Kier molecular flexibility index (Phi) is 2.22. The van der Waals surface area contributed by atoms with Crippen molar-refractivity contribution < 1.29 is 0 Å². The normalized spacial score (nSPS) is 10.3. The summed E-state index contributed by atoms with van der Waals surface area (Å²) in [5.41, 5.74) is 8.83. The predicted octanol–water partition coefficient (Wildman–Crippen LogP) is -0.161. The van der Waals surface area contributed by atoms with Gasteiger partial charge in [-0.15, -0.1) is 0 Å². The Hall–Kier alpha value is -2.15. The van der Waals surface area contributed by atoms with Crippen LogP contribution < -0.4 is 17.0 Å². The van der Waals surface area contributed by atoms with Crippen molar-refractivity contribution in [3.8, 4) is 5.82 Å². The third-order valence-corrected chi connectivity index (χ3v) is 1.83. The van der Waals surface area contributed by atoms with E-state index in [4.69, 9.17) is 11.6 Å². The predicted molar refractivity (Wildman–Crippen MR) is 56.1 cm³/mol. The molecule has 0 aliphatic carbocycles. The van der Waals surface area contributed by atoms with Crippen molar-refractivity contribution in [3.05, 3.63) is 24.0 Å². The smallest absolute Gasteiger partial charge is 0.224 e. The number of nitrogens with zero attached hydrogens (tertiary/aromatic N) is 4. The third-order valence-electron chi connectivity index (χ3n) is 1.83. The van der Waals surface area contributed by atoms with Crippen molar-refractivity contribution in [3.63, 3.8) is 0 Å². The number of hydrazine groups is 1. The van der Waals surface area contributed by atoms with E-state index in [0.717, 1.165) is 5.69 Å². The molecule has 0 aromatic carbocycles. The molecule has 0 atom stereocenters. The summed E-state index contributed by atoms with van der Waals surface area (Å²) in [6.07, 6.45) is 1.79. The fraction of sp³-hybridized carbons (Fsp3) is 0.125. The minimum absolute atomic E-state index is 0.147. The highest BCUT2D eigenvalue weighted by Crippen LogP contribution is 2.10. The van der Waals surface area contributed by atoms with E-state index in [0.29, 0.717) is 11.6 Å². The van der Waals surface area contributed by atoms with Gasteiger partial charge < -0.3 is 11.2 Å². The van der Waals surface area contributed by atoms with Crippen LogP contribution in [0.1, 0.15) is 5.69 Å². The van der Waals surface area contributed by atoms with E-state index in [1.165, 1.54) is 0 Å². The molecule has 0 bridgehead atoms. The minimum atomic E-state index is 0.147. The SMILES string of the molecule is Cc1ccn(-c2cc(NN)nc(N)n2)n1. The maximum Gasteiger partial charge on any atom is 0.224 e. The van der Waals surface area contributed by atoms with Gasteiger partial charge in [0.2, 0.25) is 5.95 Å². The summed E-state index contributed by atoms with van der Waals surface area (Å²) < 4.78 is 1.61. The van der Waals surface area contributed by atoms with Gasteiger partial charge in [0.25, 0.3) is 0 Å². The molecule has 2 heterocycles. The largest absolute Gasteiger partial charge is 0.368 e. The van der Waals surface area contributed by atoms with Gasteiger partial charge in [-0.05, 0) is 13.0 Å². The zero-order chi connectivity index (χ0) is 10.8. The molecule has 2 aromatic heterocycles. The summed E-state index contributed by atoms with van der Waals surface area (Å²) in [6.45, 7) is 1.89. The fourth-order valence-corrected chi connectivity index (χ4v) is 1.19. The summed E-state index contributed by atoms with van der Waals surface area (Å²) in [6, 6.07) is 3.52. The Morgan fingerprint density at radius 1 is 1.40 bits per heavy atom. The first kappa shape index (κ1) is 9.41. The lowest BCUT2D eigenvalue weighted by Gasteiger charge is -2.04. The van der Waals surface area contributed by atoms with Gasteiger partial charge in [-0.25, -0.2) is 10.5 Å². The van der Waals surface area contributed by atoms with E-state index < -0.39 is 0 Å². The van der Waals surface area contributed by atoms with Crippen LogP contribution in [0.5, 0.6) is 0 Å². The van der Waals surface area contributed by atoms with Crippen molar-refractivity contribution in [2.45, 2.75) is 6.92 Å². The van der Waals surface area contributed by atoms with E-state index in [1.807, 2.05) is 13.0 Å². The summed E-state index contributed by atoms with van der Waals surface area (Å²) in [5, 5.41) is 4.20. The van der Waals surface area contributed by atoms with Gasteiger partial charge in [-0.3, -0.25) is 0 Å². The first-order chi connectivity index (χ1) is 7.19. The van der Waals surface area contributed by atoms with E-state index in [9.17, 15) is 0 Å². The average Bonchev–Trinajstić information content (AvgIpc) is 2.64. The Morgan fingerprint density at radius 2 is 2.20 bits per heavy atom. The Balaban J connectivity index is 2.48. The van der Waals surface area contributed by atoms with Gasteiger partial charge in [-0.1, -0.05) is 0 Å². The lowest BCUT2D eigenvalue weighted by atomic mass is 10.5. The molecule has 2 rings (SSSR count). The van der Waals surface area contributed by atoms with Gasteiger partial charge in [-0.2, -0.15) is 15.1 Å².